The molecule has 0 amide bonds. The predicted molar refractivity (Wildman–Crippen MR) is 56.8 cm³/mol. The molecular formula is C8H16O2S2. The van der Waals surface area contributed by atoms with Crippen molar-refractivity contribution in [1.29, 1.82) is 0 Å². The number of thioether (sulfide) groups is 2. The number of aliphatic hydroxyl groups is 1. The van der Waals surface area contributed by atoms with Crippen LogP contribution in [0.2, 0.25) is 0 Å². The van der Waals surface area contributed by atoms with Crippen molar-refractivity contribution in [3.05, 3.63) is 0 Å². The van der Waals surface area contributed by atoms with Crippen LogP contribution in [-0.2, 0) is 4.79 Å². The molecule has 0 bridgehead atoms. The van der Waals surface area contributed by atoms with E-state index in [0.29, 0.717) is 12.8 Å². The first kappa shape index (κ1) is 12.3. The first-order chi connectivity index (χ1) is 5.70. The number of hydrogen-bond donors (Lipinski definition) is 1. The average molecular weight is 208 g/mol. The summed E-state index contributed by atoms with van der Waals surface area (Å²) in [6.07, 6.45) is 5.68. The highest BCUT2D eigenvalue weighted by Crippen LogP contribution is 2.10. The van der Waals surface area contributed by atoms with Crippen molar-refractivity contribution in [3.8, 4) is 0 Å². The Morgan fingerprint density at radius 2 is 2.17 bits per heavy atom. The first-order valence-electron chi connectivity index (χ1n) is 3.92. The maximum Gasteiger partial charge on any atom is 0.136 e. The van der Waals surface area contributed by atoms with E-state index in [0.717, 1.165) is 12.2 Å². The maximum atomic E-state index is 11.1. The van der Waals surface area contributed by atoms with Crippen molar-refractivity contribution in [1.82, 2.24) is 0 Å². The molecule has 1 atom stereocenters. The zero-order chi connectivity index (χ0) is 9.40. The van der Waals surface area contributed by atoms with Gasteiger partial charge >= 0.3 is 0 Å². The van der Waals surface area contributed by atoms with Crippen LogP contribution in [0.15, 0.2) is 0 Å². The predicted octanol–water partition coefficient (Wildman–Crippen LogP) is 1.77. The second-order valence-electron chi connectivity index (χ2n) is 2.53. The summed E-state index contributed by atoms with van der Waals surface area (Å²) in [5.74, 6) is 1.20. The maximum absolute atomic E-state index is 11.1. The van der Waals surface area contributed by atoms with E-state index in [9.17, 15) is 4.79 Å². The number of carbonyl (C=O) groups is 1. The SMILES string of the molecule is CSCCCC(=O)CC(O)SC. The lowest BCUT2D eigenvalue weighted by Gasteiger charge is -2.05. The average Bonchev–Trinajstić information content (AvgIpc) is 2.05. The van der Waals surface area contributed by atoms with Crippen molar-refractivity contribution >= 4 is 29.3 Å². The monoisotopic (exact) mass is 208 g/mol. The smallest absolute Gasteiger partial charge is 0.136 e. The number of carbonyl (C=O) groups excluding carboxylic acids is 1. The Morgan fingerprint density at radius 3 is 2.67 bits per heavy atom. The third-order valence-corrected chi connectivity index (χ3v) is 2.89. The van der Waals surface area contributed by atoms with Gasteiger partial charge in [-0.1, -0.05) is 0 Å². The zero-order valence-corrected chi connectivity index (χ0v) is 9.21. The second-order valence-corrected chi connectivity index (χ2v) is 4.53. The third-order valence-electron chi connectivity index (χ3n) is 1.48. The number of aliphatic hydroxyl groups excluding tert-OH is 1. The Balaban J connectivity index is 3.33. The van der Waals surface area contributed by atoms with Crippen molar-refractivity contribution in [2.24, 2.45) is 0 Å². The summed E-state index contributed by atoms with van der Waals surface area (Å²) in [5, 5.41) is 9.12. The molecule has 0 fully saturated rings. The molecule has 0 saturated heterocycles. The van der Waals surface area contributed by atoms with Gasteiger partial charge in [-0.05, 0) is 24.7 Å². The fourth-order valence-electron chi connectivity index (χ4n) is 0.794. The normalized spacial score (nSPS) is 12.9. The highest BCUT2D eigenvalue weighted by molar-refractivity contribution is 7.99. The molecule has 0 heterocycles. The van der Waals surface area contributed by atoms with Crippen LogP contribution < -0.4 is 0 Å². The van der Waals surface area contributed by atoms with Crippen molar-refractivity contribution < 1.29 is 9.90 Å². The van der Waals surface area contributed by atoms with Crippen LogP contribution in [0.1, 0.15) is 19.3 Å². The van der Waals surface area contributed by atoms with Gasteiger partial charge in [0.2, 0.25) is 0 Å². The van der Waals surface area contributed by atoms with Gasteiger partial charge in [0.15, 0.2) is 0 Å². The molecule has 12 heavy (non-hydrogen) atoms. The van der Waals surface area contributed by atoms with E-state index in [-0.39, 0.29) is 5.78 Å². The lowest BCUT2D eigenvalue weighted by atomic mass is 10.2. The Kier molecular flexibility index (Phi) is 8.17. The van der Waals surface area contributed by atoms with Gasteiger partial charge in [-0.3, -0.25) is 4.79 Å². The molecule has 0 rings (SSSR count). The number of hydrogen-bond acceptors (Lipinski definition) is 4. The Labute approximate surface area is 82.5 Å². The van der Waals surface area contributed by atoms with Gasteiger partial charge in [-0.15, -0.1) is 11.8 Å². The number of rotatable bonds is 7. The quantitative estimate of drug-likeness (QED) is 0.511. The first-order valence-corrected chi connectivity index (χ1v) is 6.60. The van der Waals surface area contributed by atoms with Gasteiger partial charge in [0.25, 0.3) is 0 Å². The molecule has 0 aromatic carbocycles. The lowest BCUT2D eigenvalue weighted by Crippen LogP contribution is -2.09. The lowest BCUT2D eigenvalue weighted by molar-refractivity contribution is -0.120. The van der Waals surface area contributed by atoms with Gasteiger partial charge in [0.05, 0.1) is 0 Å². The molecule has 4 heteroatoms. The summed E-state index contributed by atoms with van der Waals surface area (Å²) >= 11 is 3.07. The minimum atomic E-state index is -0.508. The molecule has 0 aliphatic rings. The summed E-state index contributed by atoms with van der Waals surface area (Å²) in [6, 6.07) is 0. The molecule has 1 N–H and O–H groups in total. The van der Waals surface area contributed by atoms with Crippen molar-refractivity contribution in [2.75, 3.05) is 18.3 Å². The van der Waals surface area contributed by atoms with Gasteiger partial charge in [0, 0.05) is 12.8 Å². The van der Waals surface area contributed by atoms with Crippen LogP contribution in [0.5, 0.6) is 0 Å². The molecule has 2 nitrogen and oxygen atoms in total. The van der Waals surface area contributed by atoms with E-state index in [1.807, 2.05) is 6.26 Å². The Morgan fingerprint density at radius 1 is 1.50 bits per heavy atom. The van der Waals surface area contributed by atoms with Crippen LogP contribution in [0, 0.1) is 0 Å². The second kappa shape index (κ2) is 7.95. The molecule has 0 aliphatic carbocycles. The summed E-state index contributed by atoms with van der Waals surface area (Å²) in [6.45, 7) is 0. The molecule has 0 radical (unpaired) electrons. The van der Waals surface area contributed by atoms with Crippen LogP contribution in [0.3, 0.4) is 0 Å². The highest BCUT2D eigenvalue weighted by Gasteiger charge is 2.08. The Bertz CT molecular complexity index is 128. The van der Waals surface area contributed by atoms with Gasteiger partial charge in [-0.25, -0.2) is 0 Å². The van der Waals surface area contributed by atoms with Gasteiger partial charge in [-0.2, -0.15) is 11.8 Å². The van der Waals surface area contributed by atoms with Gasteiger partial charge in [0.1, 0.15) is 11.2 Å². The van der Waals surface area contributed by atoms with Gasteiger partial charge < -0.3 is 5.11 Å². The van der Waals surface area contributed by atoms with Crippen LogP contribution in [-0.4, -0.2) is 34.6 Å². The molecule has 0 aromatic heterocycles. The number of ketones is 1. The van der Waals surface area contributed by atoms with E-state index in [2.05, 4.69) is 0 Å². The summed E-state index contributed by atoms with van der Waals surface area (Å²) < 4.78 is 0. The minimum Gasteiger partial charge on any atom is -0.382 e. The van der Waals surface area contributed by atoms with Crippen molar-refractivity contribution in [2.45, 2.75) is 24.7 Å². The Hall–Kier alpha value is 0.330. The summed E-state index contributed by atoms with van der Waals surface area (Å²) in [5.41, 5.74) is -0.508. The zero-order valence-electron chi connectivity index (χ0n) is 7.58. The standard InChI is InChI=1S/C8H16O2S2/c1-11-5-3-4-7(9)6-8(10)12-2/h8,10H,3-6H2,1-2H3. The molecule has 72 valence electrons. The van der Waals surface area contributed by atoms with Crippen LogP contribution in [0.4, 0.5) is 0 Å². The van der Waals surface area contributed by atoms with E-state index in [1.165, 1.54) is 11.8 Å². The highest BCUT2D eigenvalue weighted by atomic mass is 32.2. The fourth-order valence-corrected chi connectivity index (χ4v) is 1.58. The third kappa shape index (κ3) is 7.00. The fraction of sp³-hybridized carbons (Fsp3) is 0.875. The minimum absolute atomic E-state index is 0.172. The molecule has 0 aliphatic heterocycles. The largest absolute Gasteiger partial charge is 0.382 e. The molecule has 0 aromatic rings. The number of Topliss-reactive ketones (excluding diaryl/α,β-unsaturated/α-hetero) is 1. The topological polar surface area (TPSA) is 37.3 Å². The molecule has 0 saturated carbocycles. The van der Waals surface area contributed by atoms with E-state index < -0.39 is 5.44 Å². The van der Waals surface area contributed by atoms with E-state index >= 15 is 0 Å². The molecule has 0 spiro atoms. The summed E-state index contributed by atoms with van der Waals surface area (Å²) in [4.78, 5) is 11.1. The van der Waals surface area contributed by atoms with Crippen LogP contribution >= 0.6 is 23.5 Å². The van der Waals surface area contributed by atoms with E-state index in [1.54, 1.807) is 18.0 Å². The summed E-state index contributed by atoms with van der Waals surface area (Å²) in [7, 11) is 0. The molecule has 1 unspecified atom stereocenters. The van der Waals surface area contributed by atoms with Crippen LogP contribution in [0.25, 0.3) is 0 Å². The van der Waals surface area contributed by atoms with E-state index in [4.69, 9.17) is 5.11 Å². The van der Waals surface area contributed by atoms with Crippen molar-refractivity contribution in [3.63, 3.8) is 0 Å². The molecular weight excluding hydrogens is 192 g/mol.